The van der Waals surface area contributed by atoms with Crippen molar-refractivity contribution in [2.24, 2.45) is 11.8 Å². The molecule has 63 heavy (non-hydrogen) atoms. The Labute approximate surface area is 367 Å². The van der Waals surface area contributed by atoms with Crippen LogP contribution in [0.15, 0.2) is 126 Å². The number of hydrogen-bond donors (Lipinski definition) is 2. The van der Waals surface area contributed by atoms with Crippen LogP contribution in [0.5, 0.6) is 5.75 Å². The number of rotatable bonds is 10. The molecule has 14 nitrogen and oxygen atoms in total. The first-order valence-electron chi connectivity index (χ1n) is 20.5. The third-order valence-electron chi connectivity index (χ3n) is 11.5. The van der Waals surface area contributed by atoms with Gasteiger partial charge in [0.05, 0.1) is 50.0 Å². The van der Waals surface area contributed by atoms with Gasteiger partial charge in [-0.1, -0.05) is 30.3 Å². The molecule has 0 spiro atoms. The molecule has 2 N–H and O–H groups in total. The first-order chi connectivity index (χ1) is 29.9. The van der Waals surface area contributed by atoms with Gasteiger partial charge in [0.1, 0.15) is 17.4 Å². The van der Waals surface area contributed by atoms with Crippen molar-refractivity contribution in [2.45, 2.75) is 79.1 Å². The van der Waals surface area contributed by atoms with Gasteiger partial charge in [-0.3, -0.25) is 4.79 Å². The van der Waals surface area contributed by atoms with Crippen LogP contribution >= 0.6 is 0 Å². The standard InChI is InChI=1S/C19H23FN4O3S.C14H20FNO2S.C12H10N2O2/c1-19(2,28(26,27)17-5-3-4-15(20)12-17)14-7-10-24(11-8-14)18(25)23-16-6-9-21-22-13-16;1-14(2,11-6-8-16-9-7-11)19(17,18)13-5-3-4-12(15)10-13;15-12(8-10-6-7-13-14-9-10)16-11-4-2-1-3-5-11/h3-6,9,12-14H,7-8,10-11H2,1-2H3,(H,21,23,25);3-5,10-11,16H,6-9H2,1-2H3;1-7,9H,8H2. The van der Waals surface area contributed by atoms with Crippen LogP contribution < -0.4 is 15.4 Å². The van der Waals surface area contributed by atoms with Crippen LogP contribution in [0.2, 0.25) is 0 Å². The minimum Gasteiger partial charge on any atom is -0.426 e. The maximum Gasteiger partial charge on any atom is 0.321 e. The van der Waals surface area contributed by atoms with Crippen LogP contribution in [-0.4, -0.2) is 89.8 Å². The summed E-state index contributed by atoms with van der Waals surface area (Å²) in [6.45, 7) is 9.42. The molecule has 2 aromatic heterocycles. The maximum absolute atomic E-state index is 13.5. The normalized spacial score (nSPS) is 15.2. The number of hydrogen-bond acceptors (Lipinski definition) is 12. The Morgan fingerprint density at radius 3 is 1.71 bits per heavy atom. The second-order valence-electron chi connectivity index (χ2n) is 16.2. The van der Waals surface area contributed by atoms with Gasteiger partial charge in [-0.15, -0.1) is 0 Å². The van der Waals surface area contributed by atoms with Crippen molar-refractivity contribution < 1.29 is 39.9 Å². The van der Waals surface area contributed by atoms with Crippen molar-refractivity contribution in [1.29, 1.82) is 0 Å². The van der Waals surface area contributed by atoms with Crippen LogP contribution in [0.4, 0.5) is 19.3 Å². The quantitative estimate of drug-likeness (QED) is 0.107. The zero-order chi connectivity index (χ0) is 45.7. The van der Waals surface area contributed by atoms with Gasteiger partial charge >= 0.3 is 12.0 Å². The van der Waals surface area contributed by atoms with Gasteiger partial charge in [0.15, 0.2) is 19.7 Å². The second-order valence-corrected chi connectivity index (χ2v) is 21.3. The van der Waals surface area contributed by atoms with Crippen LogP contribution in [0.25, 0.3) is 0 Å². The smallest absolute Gasteiger partial charge is 0.321 e. The van der Waals surface area contributed by atoms with E-state index in [1.54, 1.807) is 69.3 Å². The summed E-state index contributed by atoms with van der Waals surface area (Å²) in [5, 5.41) is 20.7. The number of aromatic nitrogens is 4. The van der Waals surface area contributed by atoms with Gasteiger partial charge in [0.2, 0.25) is 0 Å². The molecule has 0 atom stereocenters. The fourth-order valence-electron chi connectivity index (χ4n) is 7.42. The van der Waals surface area contributed by atoms with Gasteiger partial charge in [-0.25, -0.2) is 30.4 Å². The number of halogens is 2. The number of amides is 2. The predicted molar refractivity (Wildman–Crippen MR) is 234 cm³/mol. The van der Waals surface area contributed by atoms with Crippen molar-refractivity contribution in [1.82, 2.24) is 30.6 Å². The largest absolute Gasteiger partial charge is 0.426 e. The number of anilines is 1. The summed E-state index contributed by atoms with van der Waals surface area (Å²) in [7, 11) is -7.25. The zero-order valence-electron chi connectivity index (χ0n) is 35.7. The number of benzene rings is 3. The van der Waals surface area contributed by atoms with E-state index in [2.05, 4.69) is 31.0 Å². The van der Waals surface area contributed by atoms with Crippen molar-refractivity contribution in [2.75, 3.05) is 31.5 Å². The van der Waals surface area contributed by atoms with Crippen molar-refractivity contribution >= 4 is 37.4 Å². The number of nitrogens with zero attached hydrogens (tertiary/aromatic N) is 5. The van der Waals surface area contributed by atoms with Gasteiger partial charge in [-0.2, -0.15) is 20.4 Å². The van der Waals surface area contributed by atoms with Crippen LogP contribution in [0.3, 0.4) is 0 Å². The molecule has 4 heterocycles. The SMILES string of the molecule is CC(C)(C1CCN(C(=O)Nc2ccnnc2)CC1)S(=O)(=O)c1cccc(F)c1.CC(C)(C1CCNCC1)S(=O)(=O)c1cccc(F)c1.O=C(Cc1ccnnc1)Oc1ccccc1. The average molecular weight is 906 g/mol. The Morgan fingerprint density at radius 1 is 0.698 bits per heavy atom. The molecule has 0 radical (unpaired) electrons. The van der Waals surface area contributed by atoms with Crippen molar-refractivity contribution in [3.8, 4) is 5.75 Å². The topological polar surface area (TPSA) is 191 Å². The molecule has 0 saturated carbocycles. The molecule has 7 rings (SSSR count). The van der Waals surface area contributed by atoms with E-state index in [4.69, 9.17) is 4.74 Å². The molecule has 5 aromatic rings. The molecule has 2 fully saturated rings. The summed E-state index contributed by atoms with van der Waals surface area (Å²) in [5.41, 5.74) is 1.34. The highest BCUT2D eigenvalue weighted by Crippen LogP contribution is 2.39. The average Bonchev–Trinajstić information content (AvgIpc) is 3.28. The lowest BCUT2D eigenvalue weighted by molar-refractivity contribution is -0.133. The van der Waals surface area contributed by atoms with Gasteiger partial charge < -0.3 is 20.3 Å². The molecule has 2 saturated heterocycles. The summed E-state index contributed by atoms with van der Waals surface area (Å²) in [6.07, 6.45) is 9.00. The number of likely N-dealkylation sites (tertiary alicyclic amines) is 1. The number of para-hydroxylation sites is 1. The van der Waals surface area contributed by atoms with Crippen LogP contribution in [0, 0.1) is 23.5 Å². The van der Waals surface area contributed by atoms with Gasteiger partial charge in [0, 0.05) is 19.3 Å². The first-order valence-corrected chi connectivity index (χ1v) is 23.4. The molecule has 2 aliphatic rings. The predicted octanol–water partition coefficient (Wildman–Crippen LogP) is 7.11. The van der Waals surface area contributed by atoms with E-state index >= 15 is 0 Å². The Morgan fingerprint density at radius 2 is 1.22 bits per heavy atom. The number of carbonyl (C=O) groups excluding carboxylic acids is 2. The number of nitrogens with one attached hydrogen (secondary N) is 2. The molecular formula is C45H53F2N7O7S2. The number of urea groups is 1. The summed E-state index contributed by atoms with van der Waals surface area (Å²) >= 11 is 0. The van der Waals surface area contributed by atoms with E-state index in [0.29, 0.717) is 37.4 Å². The lowest BCUT2D eigenvalue weighted by Crippen LogP contribution is -2.48. The van der Waals surface area contributed by atoms with E-state index in [1.807, 2.05) is 18.2 Å². The minimum absolute atomic E-state index is 0.0112. The monoisotopic (exact) mass is 905 g/mol. The summed E-state index contributed by atoms with van der Waals surface area (Å²) in [5.74, 6) is -0.890. The highest BCUT2D eigenvalue weighted by Gasteiger charge is 2.45. The van der Waals surface area contributed by atoms with Crippen LogP contribution in [-0.2, 0) is 30.9 Å². The Balaban J connectivity index is 0.000000187. The fraction of sp³-hybridized carbons (Fsp3) is 0.378. The van der Waals surface area contributed by atoms with E-state index in [9.17, 15) is 35.2 Å². The highest BCUT2D eigenvalue weighted by molar-refractivity contribution is 7.93. The van der Waals surface area contributed by atoms with Crippen LogP contribution in [0.1, 0.15) is 58.9 Å². The number of carbonyl (C=O) groups is 2. The third kappa shape index (κ3) is 12.7. The lowest BCUT2D eigenvalue weighted by atomic mass is 9.86. The number of sulfone groups is 2. The lowest BCUT2D eigenvalue weighted by Gasteiger charge is -2.40. The molecule has 2 aliphatic heterocycles. The number of esters is 1. The first kappa shape index (κ1) is 48.3. The van der Waals surface area contributed by atoms with Gasteiger partial charge in [-0.05, 0) is 145 Å². The van der Waals surface area contributed by atoms with E-state index in [0.717, 1.165) is 43.6 Å². The minimum atomic E-state index is -3.72. The molecular weight excluding hydrogens is 853 g/mol. The van der Waals surface area contributed by atoms with E-state index in [1.165, 1.54) is 48.8 Å². The molecule has 3 aromatic carbocycles. The molecule has 2 amide bonds. The summed E-state index contributed by atoms with van der Waals surface area (Å²) in [4.78, 5) is 25.6. The molecule has 18 heteroatoms. The summed E-state index contributed by atoms with van der Waals surface area (Å²) < 4.78 is 81.6. The zero-order valence-corrected chi connectivity index (χ0v) is 37.3. The highest BCUT2D eigenvalue weighted by atomic mass is 32.2. The second kappa shape index (κ2) is 21.6. The third-order valence-corrected chi connectivity index (χ3v) is 16.7. The summed E-state index contributed by atoms with van der Waals surface area (Å²) in [6, 6.07) is 22.5. The maximum atomic E-state index is 13.5. The number of piperidine rings is 2. The number of ether oxygens (including phenoxy) is 1. The van der Waals surface area contributed by atoms with Crippen molar-refractivity contribution in [3.63, 3.8) is 0 Å². The van der Waals surface area contributed by atoms with Crippen molar-refractivity contribution in [3.05, 3.63) is 133 Å². The fourth-order valence-corrected chi connectivity index (χ4v) is 11.0. The Kier molecular flexibility index (Phi) is 16.5. The van der Waals surface area contributed by atoms with E-state index in [-0.39, 0.29) is 40.0 Å². The molecule has 336 valence electrons. The van der Waals surface area contributed by atoms with Gasteiger partial charge in [0.25, 0.3) is 0 Å². The van der Waals surface area contributed by atoms with E-state index < -0.39 is 40.8 Å². The Hall–Kier alpha value is -5.72. The Bertz CT molecular complexity index is 2450. The molecule has 0 bridgehead atoms. The molecule has 0 aliphatic carbocycles. The molecule has 0 unspecified atom stereocenters.